The second kappa shape index (κ2) is 8.43. The predicted molar refractivity (Wildman–Crippen MR) is 77.8 cm³/mol. The van der Waals surface area contributed by atoms with Crippen LogP contribution < -0.4 is 5.32 Å². The average molecular weight is 316 g/mol. The van der Waals surface area contributed by atoms with Crippen molar-refractivity contribution in [1.29, 1.82) is 0 Å². The zero-order valence-electron chi connectivity index (χ0n) is 11.4. The molecule has 1 N–H and O–H groups in total. The van der Waals surface area contributed by atoms with Crippen LogP contribution in [0.3, 0.4) is 0 Å². The molecule has 0 radical (unpaired) electrons. The fourth-order valence-corrected chi connectivity index (χ4v) is 1.98. The van der Waals surface area contributed by atoms with Gasteiger partial charge in [0.1, 0.15) is 11.9 Å². The van der Waals surface area contributed by atoms with Crippen LogP contribution in [-0.4, -0.2) is 23.1 Å². The smallest absolute Gasteiger partial charge is 0.159 e. The van der Waals surface area contributed by atoms with Crippen molar-refractivity contribution in [2.24, 2.45) is 0 Å². The maximum absolute atomic E-state index is 5.70. The first-order chi connectivity index (χ1) is 8.72. The van der Waals surface area contributed by atoms with E-state index >= 15 is 0 Å². The van der Waals surface area contributed by atoms with Crippen LogP contribution in [0, 0.1) is 0 Å². The van der Waals surface area contributed by atoms with Crippen molar-refractivity contribution >= 4 is 21.7 Å². The molecule has 1 heterocycles. The molecule has 0 aliphatic heterocycles. The Balaban J connectivity index is 2.86. The Hall–Kier alpha value is -0.680. The van der Waals surface area contributed by atoms with Gasteiger partial charge in [-0.05, 0) is 35.7 Å². The van der Waals surface area contributed by atoms with E-state index in [1.54, 1.807) is 6.20 Å². The van der Waals surface area contributed by atoms with Crippen molar-refractivity contribution in [1.82, 2.24) is 9.97 Å². The molecule has 0 amide bonds. The first kappa shape index (κ1) is 15.4. The normalized spacial score (nSPS) is 12.4. The second-order valence-corrected chi connectivity index (χ2v) is 4.94. The molecule has 102 valence electrons. The fraction of sp³-hybridized carbons (Fsp3) is 0.692. The Morgan fingerprint density at radius 3 is 2.72 bits per heavy atom. The van der Waals surface area contributed by atoms with Crippen molar-refractivity contribution < 1.29 is 4.74 Å². The molecule has 1 atom stereocenters. The van der Waals surface area contributed by atoms with Gasteiger partial charge in [0.25, 0.3) is 0 Å². The van der Waals surface area contributed by atoms with Crippen LogP contribution in [0.5, 0.6) is 0 Å². The van der Waals surface area contributed by atoms with E-state index in [0.29, 0.717) is 6.61 Å². The van der Waals surface area contributed by atoms with Crippen LogP contribution in [0.25, 0.3) is 0 Å². The number of aromatic nitrogens is 2. The highest BCUT2D eigenvalue weighted by Gasteiger charge is 2.15. The number of nitrogens with zero attached hydrogens (tertiary/aromatic N) is 2. The molecule has 0 fully saturated rings. The maximum Gasteiger partial charge on any atom is 0.159 e. The standard InChI is InChI=1S/C13H22BrN3O/c1-4-7-11(18-6-3)13-16-9-10(14)12(17-13)15-8-5-2/h9,11H,4-8H2,1-3H3,(H,15,16,17). The number of ether oxygens (including phenoxy) is 1. The van der Waals surface area contributed by atoms with Gasteiger partial charge < -0.3 is 10.1 Å². The van der Waals surface area contributed by atoms with E-state index in [1.807, 2.05) is 6.92 Å². The maximum atomic E-state index is 5.70. The molecule has 1 rings (SSSR count). The lowest BCUT2D eigenvalue weighted by Crippen LogP contribution is -2.11. The van der Waals surface area contributed by atoms with E-state index in [9.17, 15) is 0 Å². The summed E-state index contributed by atoms with van der Waals surface area (Å²) in [6.07, 6.45) is 4.86. The van der Waals surface area contributed by atoms with E-state index in [0.717, 1.165) is 41.9 Å². The lowest BCUT2D eigenvalue weighted by molar-refractivity contribution is 0.0494. The minimum absolute atomic E-state index is 0.00437. The monoisotopic (exact) mass is 315 g/mol. The third-order valence-electron chi connectivity index (χ3n) is 2.51. The summed E-state index contributed by atoms with van der Waals surface area (Å²) < 4.78 is 6.59. The molecule has 0 aromatic carbocycles. The van der Waals surface area contributed by atoms with Gasteiger partial charge >= 0.3 is 0 Å². The largest absolute Gasteiger partial charge is 0.371 e. The Kier molecular flexibility index (Phi) is 7.20. The van der Waals surface area contributed by atoms with Gasteiger partial charge in [0.15, 0.2) is 5.82 Å². The molecule has 0 saturated carbocycles. The van der Waals surface area contributed by atoms with Crippen LogP contribution in [0.2, 0.25) is 0 Å². The molecular weight excluding hydrogens is 294 g/mol. The Bertz CT molecular complexity index is 354. The van der Waals surface area contributed by atoms with E-state index < -0.39 is 0 Å². The minimum Gasteiger partial charge on any atom is -0.371 e. The van der Waals surface area contributed by atoms with Crippen LogP contribution in [0.15, 0.2) is 10.7 Å². The SMILES string of the molecule is CCCNc1nc(C(CCC)OCC)ncc1Br. The molecule has 1 aromatic heterocycles. The molecule has 1 unspecified atom stereocenters. The molecular formula is C13H22BrN3O. The van der Waals surface area contributed by atoms with E-state index in [4.69, 9.17) is 4.74 Å². The summed E-state index contributed by atoms with van der Waals surface area (Å²) in [6, 6.07) is 0. The highest BCUT2D eigenvalue weighted by Crippen LogP contribution is 2.24. The van der Waals surface area contributed by atoms with Gasteiger partial charge in [0.2, 0.25) is 0 Å². The lowest BCUT2D eigenvalue weighted by atomic mass is 10.2. The fourth-order valence-electron chi connectivity index (χ4n) is 1.65. The first-order valence-electron chi connectivity index (χ1n) is 6.60. The summed E-state index contributed by atoms with van der Waals surface area (Å²) in [4.78, 5) is 8.91. The summed E-state index contributed by atoms with van der Waals surface area (Å²) in [6.45, 7) is 7.85. The van der Waals surface area contributed by atoms with Gasteiger partial charge in [0, 0.05) is 19.3 Å². The topological polar surface area (TPSA) is 47.0 Å². The number of nitrogens with one attached hydrogen (secondary N) is 1. The molecule has 0 aliphatic rings. The molecule has 0 spiro atoms. The molecule has 5 heteroatoms. The molecule has 4 nitrogen and oxygen atoms in total. The van der Waals surface area contributed by atoms with E-state index in [2.05, 4.69) is 45.1 Å². The quantitative estimate of drug-likeness (QED) is 0.789. The van der Waals surface area contributed by atoms with Crippen molar-refractivity contribution in [3.05, 3.63) is 16.5 Å². The number of anilines is 1. The number of rotatable bonds is 8. The summed E-state index contributed by atoms with van der Waals surface area (Å²) >= 11 is 3.46. The number of hydrogen-bond acceptors (Lipinski definition) is 4. The Morgan fingerprint density at radius 2 is 2.11 bits per heavy atom. The first-order valence-corrected chi connectivity index (χ1v) is 7.40. The summed E-state index contributed by atoms with van der Waals surface area (Å²) in [5.41, 5.74) is 0. The zero-order valence-corrected chi connectivity index (χ0v) is 13.0. The van der Waals surface area contributed by atoms with Crippen LogP contribution in [0.1, 0.15) is 52.0 Å². The third-order valence-corrected chi connectivity index (χ3v) is 3.09. The van der Waals surface area contributed by atoms with Crippen molar-refractivity contribution in [2.45, 2.75) is 46.1 Å². The second-order valence-electron chi connectivity index (χ2n) is 4.08. The Morgan fingerprint density at radius 1 is 1.33 bits per heavy atom. The van der Waals surface area contributed by atoms with Gasteiger partial charge in [0.05, 0.1) is 4.47 Å². The third kappa shape index (κ3) is 4.53. The lowest BCUT2D eigenvalue weighted by Gasteiger charge is -2.16. The van der Waals surface area contributed by atoms with Gasteiger partial charge in [-0.3, -0.25) is 0 Å². The minimum atomic E-state index is -0.00437. The Labute approximate surface area is 118 Å². The van der Waals surface area contributed by atoms with Gasteiger partial charge in [-0.15, -0.1) is 0 Å². The zero-order chi connectivity index (χ0) is 13.4. The number of halogens is 1. The predicted octanol–water partition coefficient (Wildman–Crippen LogP) is 3.94. The van der Waals surface area contributed by atoms with Crippen molar-refractivity contribution in [3.8, 4) is 0 Å². The summed E-state index contributed by atoms with van der Waals surface area (Å²) in [5.74, 6) is 1.61. The van der Waals surface area contributed by atoms with Crippen LogP contribution in [-0.2, 0) is 4.74 Å². The van der Waals surface area contributed by atoms with Crippen molar-refractivity contribution in [3.63, 3.8) is 0 Å². The highest BCUT2D eigenvalue weighted by atomic mass is 79.9. The summed E-state index contributed by atoms with van der Waals surface area (Å²) in [5, 5.41) is 3.29. The van der Waals surface area contributed by atoms with Crippen LogP contribution in [0.4, 0.5) is 5.82 Å². The van der Waals surface area contributed by atoms with Gasteiger partial charge in [-0.2, -0.15) is 0 Å². The average Bonchev–Trinajstić information content (AvgIpc) is 2.38. The summed E-state index contributed by atoms with van der Waals surface area (Å²) in [7, 11) is 0. The molecule has 0 saturated heterocycles. The van der Waals surface area contributed by atoms with Crippen molar-refractivity contribution in [2.75, 3.05) is 18.5 Å². The van der Waals surface area contributed by atoms with Gasteiger partial charge in [-0.1, -0.05) is 20.3 Å². The molecule has 18 heavy (non-hydrogen) atoms. The molecule has 1 aromatic rings. The highest BCUT2D eigenvalue weighted by molar-refractivity contribution is 9.10. The van der Waals surface area contributed by atoms with E-state index in [1.165, 1.54) is 0 Å². The number of hydrogen-bond donors (Lipinski definition) is 1. The van der Waals surface area contributed by atoms with Crippen LogP contribution >= 0.6 is 15.9 Å². The molecule has 0 bridgehead atoms. The molecule has 0 aliphatic carbocycles. The van der Waals surface area contributed by atoms with Gasteiger partial charge in [-0.25, -0.2) is 9.97 Å². The van der Waals surface area contributed by atoms with E-state index in [-0.39, 0.29) is 6.10 Å².